The number of sulfone groups is 1. The summed E-state index contributed by atoms with van der Waals surface area (Å²) < 4.78 is 23.2. The predicted molar refractivity (Wildman–Crippen MR) is 64.6 cm³/mol. The molecule has 98 valence electrons. The smallest absolute Gasteiger partial charge is 0.317 e. The Labute approximate surface area is 102 Å². The van der Waals surface area contributed by atoms with Crippen LogP contribution in [0.15, 0.2) is 0 Å². The fourth-order valence-corrected chi connectivity index (χ4v) is 4.41. The minimum atomic E-state index is -3.00. The van der Waals surface area contributed by atoms with Gasteiger partial charge in [-0.1, -0.05) is 6.92 Å². The molecule has 2 aliphatic heterocycles. The van der Waals surface area contributed by atoms with E-state index in [0.29, 0.717) is 19.6 Å². The van der Waals surface area contributed by atoms with Crippen LogP contribution in [-0.2, 0) is 9.84 Å². The van der Waals surface area contributed by atoms with Crippen molar-refractivity contribution in [3.63, 3.8) is 0 Å². The summed E-state index contributed by atoms with van der Waals surface area (Å²) in [6.07, 6.45) is 0.879. The number of nitrogens with one attached hydrogen (secondary N) is 2. The Hall–Kier alpha value is -0.820. The normalized spacial score (nSPS) is 31.0. The molecule has 0 spiro atoms. The average Bonchev–Trinajstić information content (AvgIpc) is 2.59. The first-order chi connectivity index (χ1) is 8.03. The molecular formula is C10H19N3O3S. The number of urea groups is 1. The molecule has 2 N–H and O–H groups in total. The Balaban J connectivity index is 2.05. The van der Waals surface area contributed by atoms with Crippen molar-refractivity contribution in [2.45, 2.75) is 25.4 Å². The zero-order valence-electron chi connectivity index (χ0n) is 9.98. The molecule has 0 unspecified atom stereocenters. The number of piperazine rings is 1. The predicted octanol–water partition coefficient (Wildman–Crippen LogP) is -0.823. The van der Waals surface area contributed by atoms with Crippen molar-refractivity contribution in [3.05, 3.63) is 0 Å². The third kappa shape index (κ3) is 2.71. The minimum absolute atomic E-state index is 0.0875. The average molecular weight is 261 g/mol. The van der Waals surface area contributed by atoms with E-state index in [0.717, 1.165) is 6.42 Å². The van der Waals surface area contributed by atoms with Gasteiger partial charge in [-0.05, 0) is 6.42 Å². The van der Waals surface area contributed by atoms with Crippen LogP contribution < -0.4 is 10.6 Å². The van der Waals surface area contributed by atoms with Crippen LogP contribution in [-0.4, -0.2) is 62.6 Å². The molecule has 2 heterocycles. The van der Waals surface area contributed by atoms with Crippen molar-refractivity contribution in [1.82, 2.24) is 15.5 Å². The Morgan fingerprint density at radius 2 is 2.24 bits per heavy atom. The summed E-state index contributed by atoms with van der Waals surface area (Å²) in [5.74, 6) is 0.236. The van der Waals surface area contributed by atoms with Crippen LogP contribution in [0.1, 0.15) is 13.3 Å². The first-order valence-corrected chi connectivity index (χ1v) is 7.84. The number of fused-ring (bicyclic) bond motifs is 1. The largest absolute Gasteiger partial charge is 0.338 e. The summed E-state index contributed by atoms with van der Waals surface area (Å²) >= 11 is 0. The molecule has 2 rings (SSSR count). The number of nitrogens with zero attached hydrogens (tertiary/aromatic N) is 1. The molecule has 0 saturated carbocycles. The summed E-state index contributed by atoms with van der Waals surface area (Å²) in [5.41, 5.74) is 0. The Bertz CT molecular complexity index is 396. The van der Waals surface area contributed by atoms with E-state index in [1.807, 2.05) is 6.92 Å². The summed E-state index contributed by atoms with van der Waals surface area (Å²) in [6.45, 7) is 3.86. The lowest BCUT2D eigenvalue weighted by Crippen LogP contribution is -2.61. The topological polar surface area (TPSA) is 78.5 Å². The first kappa shape index (κ1) is 12.6. The lowest BCUT2D eigenvalue weighted by atomic mass is 10.1. The highest BCUT2D eigenvalue weighted by atomic mass is 32.2. The van der Waals surface area contributed by atoms with Gasteiger partial charge in [0.25, 0.3) is 0 Å². The molecule has 2 aliphatic rings. The molecule has 0 aromatic carbocycles. The van der Waals surface area contributed by atoms with Crippen LogP contribution in [0.3, 0.4) is 0 Å². The van der Waals surface area contributed by atoms with E-state index in [9.17, 15) is 13.2 Å². The van der Waals surface area contributed by atoms with Gasteiger partial charge in [0.1, 0.15) is 0 Å². The molecule has 7 heteroatoms. The van der Waals surface area contributed by atoms with E-state index in [-0.39, 0.29) is 29.6 Å². The summed E-state index contributed by atoms with van der Waals surface area (Å²) in [6, 6.07) is -0.438. The molecule has 2 fully saturated rings. The van der Waals surface area contributed by atoms with Crippen molar-refractivity contribution in [2.75, 3.05) is 31.1 Å². The van der Waals surface area contributed by atoms with Crippen LogP contribution in [0.4, 0.5) is 4.79 Å². The second-order valence-corrected chi connectivity index (χ2v) is 6.78. The van der Waals surface area contributed by atoms with Gasteiger partial charge in [-0.2, -0.15) is 0 Å². The standard InChI is InChI=1S/C10H19N3O3S/c1-2-3-12-10(14)13-5-4-11-8-6-17(15,16)7-9(8)13/h8-9,11H,2-7H2,1H3,(H,12,14)/t8-,9+/m0/s1. The van der Waals surface area contributed by atoms with Crippen molar-refractivity contribution < 1.29 is 13.2 Å². The lowest BCUT2D eigenvalue weighted by Gasteiger charge is -2.37. The number of carbonyl (C=O) groups is 1. The van der Waals surface area contributed by atoms with Gasteiger partial charge in [0.15, 0.2) is 9.84 Å². The van der Waals surface area contributed by atoms with Crippen LogP contribution in [0.25, 0.3) is 0 Å². The number of hydrogen-bond acceptors (Lipinski definition) is 4. The fraction of sp³-hybridized carbons (Fsp3) is 0.900. The molecule has 6 nitrogen and oxygen atoms in total. The molecule has 0 bridgehead atoms. The molecule has 0 aliphatic carbocycles. The molecule has 0 aromatic heterocycles. The molecule has 2 atom stereocenters. The zero-order chi connectivity index (χ0) is 12.5. The SMILES string of the molecule is CCCNC(=O)N1CCN[C@H]2CS(=O)(=O)C[C@H]21. The Kier molecular flexibility index (Phi) is 3.58. The summed E-state index contributed by atoms with van der Waals surface area (Å²) in [4.78, 5) is 13.6. The van der Waals surface area contributed by atoms with E-state index in [1.165, 1.54) is 0 Å². The molecular weight excluding hydrogens is 242 g/mol. The maximum absolute atomic E-state index is 11.9. The number of carbonyl (C=O) groups excluding carboxylic acids is 1. The second kappa shape index (κ2) is 4.81. The zero-order valence-corrected chi connectivity index (χ0v) is 10.8. The highest BCUT2D eigenvalue weighted by Gasteiger charge is 2.44. The van der Waals surface area contributed by atoms with Crippen LogP contribution in [0, 0.1) is 0 Å². The number of hydrogen-bond donors (Lipinski definition) is 2. The lowest BCUT2D eigenvalue weighted by molar-refractivity contribution is 0.151. The van der Waals surface area contributed by atoms with Gasteiger partial charge in [0, 0.05) is 25.7 Å². The van der Waals surface area contributed by atoms with Gasteiger partial charge in [-0.15, -0.1) is 0 Å². The van der Waals surface area contributed by atoms with Crippen molar-refractivity contribution >= 4 is 15.9 Å². The van der Waals surface area contributed by atoms with Crippen LogP contribution >= 0.6 is 0 Å². The third-order valence-electron chi connectivity index (χ3n) is 3.27. The maximum Gasteiger partial charge on any atom is 0.317 e. The second-order valence-electron chi connectivity index (χ2n) is 4.63. The molecule has 2 amide bonds. The molecule has 0 aromatic rings. The first-order valence-electron chi connectivity index (χ1n) is 6.02. The van der Waals surface area contributed by atoms with E-state index >= 15 is 0 Å². The maximum atomic E-state index is 11.9. The minimum Gasteiger partial charge on any atom is -0.338 e. The van der Waals surface area contributed by atoms with Crippen LogP contribution in [0.5, 0.6) is 0 Å². The summed E-state index contributed by atoms with van der Waals surface area (Å²) in [7, 11) is -3.00. The van der Waals surface area contributed by atoms with Gasteiger partial charge in [-0.3, -0.25) is 0 Å². The van der Waals surface area contributed by atoms with Gasteiger partial charge >= 0.3 is 6.03 Å². The van der Waals surface area contributed by atoms with Gasteiger partial charge in [0.2, 0.25) is 0 Å². The van der Waals surface area contributed by atoms with E-state index in [4.69, 9.17) is 0 Å². The van der Waals surface area contributed by atoms with Gasteiger partial charge in [-0.25, -0.2) is 13.2 Å². The van der Waals surface area contributed by atoms with Crippen molar-refractivity contribution in [3.8, 4) is 0 Å². The molecule has 0 radical (unpaired) electrons. The fourth-order valence-electron chi connectivity index (χ4n) is 2.45. The van der Waals surface area contributed by atoms with Crippen LogP contribution in [0.2, 0.25) is 0 Å². The van der Waals surface area contributed by atoms with E-state index in [2.05, 4.69) is 10.6 Å². The van der Waals surface area contributed by atoms with Crippen molar-refractivity contribution in [1.29, 1.82) is 0 Å². The van der Waals surface area contributed by atoms with Crippen molar-refractivity contribution in [2.24, 2.45) is 0 Å². The van der Waals surface area contributed by atoms with E-state index < -0.39 is 9.84 Å². The molecule has 2 saturated heterocycles. The Morgan fingerprint density at radius 1 is 1.47 bits per heavy atom. The highest BCUT2D eigenvalue weighted by molar-refractivity contribution is 7.91. The quantitative estimate of drug-likeness (QED) is 0.680. The molecule has 17 heavy (non-hydrogen) atoms. The summed E-state index contributed by atoms with van der Waals surface area (Å²) in [5, 5.41) is 5.98. The monoisotopic (exact) mass is 261 g/mol. The third-order valence-corrected chi connectivity index (χ3v) is 4.99. The Morgan fingerprint density at radius 3 is 2.94 bits per heavy atom. The van der Waals surface area contributed by atoms with Gasteiger partial charge in [0.05, 0.1) is 17.5 Å². The number of rotatable bonds is 2. The van der Waals surface area contributed by atoms with E-state index in [1.54, 1.807) is 4.90 Å². The van der Waals surface area contributed by atoms with Gasteiger partial charge < -0.3 is 15.5 Å². The number of amides is 2. The highest BCUT2D eigenvalue weighted by Crippen LogP contribution is 2.21.